The zero-order valence-electron chi connectivity index (χ0n) is 11.8. The quantitative estimate of drug-likeness (QED) is 0.832. The van der Waals surface area contributed by atoms with Crippen LogP contribution in [0.4, 0.5) is 0 Å². The van der Waals surface area contributed by atoms with Crippen LogP contribution in [0.15, 0.2) is 18.2 Å². The minimum Gasteiger partial charge on any atom is -0.339 e. The Balaban J connectivity index is 2.08. The number of carbonyl (C=O) groups is 1. The Kier molecular flexibility index (Phi) is 4.48. The summed E-state index contributed by atoms with van der Waals surface area (Å²) < 4.78 is 0. The number of likely N-dealkylation sites (tertiary alicyclic amines) is 1. The van der Waals surface area contributed by atoms with Crippen molar-refractivity contribution in [3.8, 4) is 0 Å². The Labute approximate surface area is 120 Å². The largest absolute Gasteiger partial charge is 0.339 e. The van der Waals surface area contributed by atoms with Crippen LogP contribution in [0.2, 0.25) is 5.02 Å². The topological polar surface area (TPSA) is 23.6 Å². The number of carbonyl (C=O) groups excluding carboxylic acids is 1. The van der Waals surface area contributed by atoms with Crippen LogP contribution in [-0.2, 0) is 0 Å². The first-order valence-corrected chi connectivity index (χ1v) is 7.08. The highest BCUT2D eigenvalue weighted by molar-refractivity contribution is 6.31. The average molecular weight is 281 g/mol. The van der Waals surface area contributed by atoms with Gasteiger partial charge in [-0.1, -0.05) is 17.7 Å². The summed E-state index contributed by atoms with van der Waals surface area (Å²) in [6, 6.07) is 5.86. The van der Waals surface area contributed by atoms with E-state index in [1.807, 2.05) is 31.0 Å². The third-order valence-electron chi connectivity index (χ3n) is 3.97. The number of amides is 1. The van der Waals surface area contributed by atoms with E-state index < -0.39 is 0 Å². The van der Waals surface area contributed by atoms with Gasteiger partial charge in [0.25, 0.3) is 5.91 Å². The standard InChI is InChI=1S/C15H21ClN2O/c1-11-4-5-12(10-14(11)16)15(19)18(3)13-6-8-17(2)9-7-13/h4-5,10,13H,6-9H2,1-3H3. The van der Waals surface area contributed by atoms with Crippen LogP contribution < -0.4 is 0 Å². The van der Waals surface area contributed by atoms with Crippen molar-refractivity contribution in [3.63, 3.8) is 0 Å². The van der Waals surface area contributed by atoms with E-state index in [0.29, 0.717) is 16.6 Å². The van der Waals surface area contributed by atoms with Gasteiger partial charge in [-0.3, -0.25) is 4.79 Å². The minimum absolute atomic E-state index is 0.0662. The molecule has 0 spiro atoms. The summed E-state index contributed by atoms with van der Waals surface area (Å²) >= 11 is 6.09. The first kappa shape index (κ1) is 14.4. The maximum absolute atomic E-state index is 12.4. The van der Waals surface area contributed by atoms with E-state index in [9.17, 15) is 4.79 Å². The fourth-order valence-corrected chi connectivity index (χ4v) is 2.66. The number of rotatable bonds is 2. The predicted octanol–water partition coefficient (Wildman–Crippen LogP) is 2.81. The van der Waals surface area contributed by atoms with Gasteiger partial charge >= 0.3 is 0 Å². The maximum atomic E-state index is 12.4. The molecule has 1 heterocycles. The number of piperidine rings is 1. The molecule has 1 amide bonds. The molecular weight excluding hydrogens is 260 g/mol. The Hall–Kier alpha value is -1.06. The van der Waals surface area contributed by atoms with Crippen LogP contribution in [0, 0.1) is 6.92 Å². The summed E-state index contributed by atoms with van der Waals surface area (Å²) in [6.45, 7) is 4.05. The third-order valence-corrected chi connectivity index (χ3v) is 4.38. The summed E-state index contributed by atoms with van der Waals surface area (Å²) in [7, 11) is 4.02. The van der Waals surface area contributed by atoms with Gasteiger partial charge in [-0.2, -0.15) is 0 Å². The molecular formula is C15H21ClN2O. The second-order valence-corrected chi connectivity index (χ2v) is 5.82. The molecule has 1 aromatic carbocycles. The lowest BCUT2D eigenvalue weighted by atomic mass is 10.0. The highest BCUT2D eigenvalue weighted by Crippen LogP contribution is 2.20. The van der Waals surface area contributed by atoms with Crippen LogP contribution in [0.5, 0.6) is 0 Å². The van der Waals surface area contributed by atoms with Gasteiger partial charge in [0.05, 0.1) is 0 Å². The molecule has 104 valence electrons. The van der Waals surface area contributed by atoms with Gasteiger partial charge in [-0.25, -0.2) is 0 Å². The summed E-state index contributed by atoms with van der Waals surface area (Å²) in [5, 5.41) is 0.655. The van der Waals surface area contributed by atoms with Crippen molar-refractivity contribution >= 4 is 17.5 Å². The predicted molar refractivity (Wildman–Crippen MR) is 78.8 cm³/mol. The molecule has 1 aliphatic heterocycles. The van der Waals surface area contributed by atoms with Crippen LogP contribution in [-0.4, -0.2) is 48.9 Å². The fraction of sp³-hybridized carbons (Fsp3) is 0.533. The molecule has 1 aliphatic rings. The van der Waals surface area contributed by atoms with Crippen molar-refractivity contribution in [2.24, 2.45) is 0 Å². The van der Waals surface area contributed by atoms with Gasteiger partial charge in [-0.15, -0.1) is 0 Å². The molecule has 0 N–H and O–H groups in total. The van der Waals surface area contributed by atoms with E-state index in [2.05, 4.69) is 11.9 Å². The lowest BCUT2D eigenvalue weighted by molar-refractivity contribution is 0.0659. The van der Waals surface area contributed by atoms with Crippen molar-refractivity contribution in [2.45, 2.75) is 25.8 Å². The van der Waals surface area contributed by atoms with Gasteiger partial charge in [-0.05, 0) is 57.6 Å². The fourth-order valence-electron chi connectivity index (χ4n) is 2.48. The summed E-state index contributed by atoms with van der Waals surface area (Å²) in [4.78, 5) is 16.6. The van der Waals surface area contributed by atoms with E-state index in [1.54, 1.807) is 6.07 Å². The van der Waals surface area contributed by atoms with E-state index in [4.69, 9.17) is 11.6 Å². The monoisotopic (exact) mass is 280 g/mol. The zero-order chi connectivity index (χ0) is 14.0. The molecule has 0 saturated carbocycles. The molecule has 0 atom stereocenters. The second kappa shape index (κ2) is 5.93. The molecule has 3 nitrogen and oxygen atoms in total. The lowest BCUT2D eigenvalue weighted by Gasteiger charge is -2.35. The van der Waals surface area contributed by atoms with Crippen LogP contribution >= 0.6 is 11.6 Å². The van der Waals surface area contributed by atoms with Gasteiger partial charge < -0.3 is 9.80 Å². The molecule has 1 saturated heterocycles. The Morgan fingerprint density at radius 1 is 1.37 bits per heavy atom. The van der Waals surface area contributed by atoms with Crippen molar-refractivity contribution < 1.29 is 4.79 Å². The molecule has 2 rings (SSSR count). The van der Waals surface area contributed by atoms with Crippen LogP contribution in [0.1, 0.15) is 28.8 Å². The maximum Gasteiger partial charge on any atom is 0.253 e. The molecule has 0 aliphatic carbocycles. The highest BCUT2D eigenvalue weighted by atomic mass is 35.5. The zero-order valence-corrected chi connectivity index (χ0v) is 12.6. The van der Waals surface area contributed by atoms with Gasteiger partial charge in [0.2, 0.25) is 0 Å². The molecule has 0 bridgehead atoms. The number of nitrogens with zero attached hydrogens (tertiary/aromatic N) is 2. The number of benzene rings is 1. The average Bonchev–Trinajstić information content (AvgIpc) is 2.41. The van der Waals surface area contributed by atoms with Crippen molar-refractivity contribution in [1.29, 1.82) is 0 Å². The van der Waals surface area contributed by atoms with Crippen molar-refractivity contribution in [1.82, 2.24) is 9.80 Å². The molecule has 19 heavy (non-hydrogen) atoms. The second-order valence-electron chi connectivity index (χ2n) is 5.41. The van der Waals surface area contributed by atoms with E-state index in [-0.39, 0.29) is 5.91 Å². The lowest BCUT2D eigenvalue weighted by Crippen LogP contribution is -2.44. The third kappa shape index (κ3) is 3.28. The Morgan fingerprint density at radius 2 is 2.00 bits per heavy atom. The van der Waals surface area contributed by atoms with E-state index >= 15 is 0 Å². The number of halogens is 1. The normalized spacial score (nSPS) is 17.5. The number of hydrogen-bond acceptors (Lipinski definition) is 2. The van der Waals surface area contributed by atoms with Crippen LogP contribution in [0.3, 0.4) is 0 Å². The summed E-state index contributed by atoms with van der Waals surface area (Å²) in [5.41, 5.74) is 1.68. The number of hydrogen-bond donors (Lipinski definition) is 0. The van der Waals surface area contributed by atoms with Gasteiger partial charge in [0.1, 0.15) is 0 Å². The molecule has 1 aromatic rings. The molecule has 0 aromatic heterocycles. The smallest absolute Gasteiger partial charge is 0.253 e. The SMILES string of the molecule is Cc1ccc(C(=O)N(C)C2CCN(C)CC2)cc1Cl. The first-order valence-electron chi connectivity index (χ1n) is 6.71. The highest BCUT2D eigenvalue weighted by Gasteiger charge is 2.24. The molecule has 4 heteroatoms. The molecule has 0 unspecified atom stereocenters. The van der Waals surface area contributed by atoms with E-state index in [0.717, 1.165) is 31.5 Å². The summed E-state index contributed by atoms with van der Waals surface area (Å²) in [6.07, 6.45) is 2.08. The van der Waals surface area contributed by atoms with Crippen molar-refractivity contribution in [2.75, 3.05) is 27.2 Å². The molecule has 1 fully saturated rings. The first-order chi connectivity index (χ1) is 8.99. The van der Waals surface area contributed by atoms with Crippen molar-refractivity contribution in [3.05, 3.63) is 34.3 Å². The van der Waals surface area contributed by atoms with E-state index in [1.165, 1.54) is 0 Å². The summed E-state index contributed by atoms with van der Waals surface area (Å²) in [5.74, 6) is 0.0662. The Bertz CT molecular complexity index is 467. The number of aryl methyl sites for hydroxylation is 1. The molecule has 0 radical (unpaired) electrons. The van der Waals surface area contributed by atoms with Crippen LogP contribution in [0.25, 0.3) is 0 Å². The van der Waals surface area contributed by atoms with Gasteiger partial charge in [0, 0.05) is 23.7 Å². The van der Waals surface area contributed by atoms with Gasteiger partial charge in [0.15, 0.2) is 0 Å². The Morgan fingerprint density at radius 3 is 2.58 bits per heavy atom. The minimum atomic E-state index is 0.0662.